The number of nitrogens with two attached hydrogens (primary N) is 1. The van der Waals surface area contributed by atoms with Crippen molar-refractivity contribution < 1.29 is 14.6 Å². The first-order chi connectivity index (χ1) is 14.0. The molecule has 1 amide bonds. The summed E-state index contributed by atoms with van der Waals surface area (Å²) < 4.78 is 5.26. The molecule has 1 atom stereocenters. The van der Waals surface area contributed by atoms with Gasteiger partial charge in [0.15, 0.2) is 11.5 Å². The van der Waals surface area contributed by atoms with Gasteiger partial charge in [-0.25, -0.2) is 4.99 Å². The maximum absolute atomic E-state index is 13.3. The van der Waals surface area contributed by atoms with E-state index in [4.69, 9.17) is 10.5 Å². The summed E-state index contributed by atoms with van der Waals surface area (Å²) in [6, 6.07) is 21.9. The monoisotopic (exact) mass is 387 g/mol. The molecule has 0 fully saturated rings. The first-order valence-corrected chi connectivity index (χ1v) is 9.13. The van der Waals surface area contributed by atoms with E-state index >= 15 is 0 Å². The molecule has 1 aliphatic rings. The molecule has 1 aliphatic heterocycles. The Morgan fingerprint density at radius 1 is 0.966 bits per heavy atom. The normalized spacial score (nSPS) is 18.6. The lowest BCUT2D eigenvalue weighted by Gasteiger charge is -2.26. The number of carbonyl (C=O) groups excluding carboxylic acids is 1. The number of benzene rings is 3. The molecule has 0 bridgehead atoms. The van der Waals surface area contributed by atoms with Gasteiger partial charge in [-0.05, 0) is 40.5 Å². The van der Waals surface area contributed by atoms with E-state index in [1.807, 2.05) is 60.7 Å². The van der Waals surface area contributed by atoms with Crippen LogP contribution in [0.2, 0.25) is 0 Å². The van der Waals surface area contributed by atoms with Crippen LogP contribution >= 0.6 is 0 Å². The van der Waals surface area contributed by atoms with Crippen LogP contribution in [0.15, 0.2) is 77.8 Å². The molecule has 0 radical (unpaired) electrons. The van der Waals surface area contributed by atoms with Gasteiger partial charge in [0.25, 0.3) is 5.91 Å². The average Bonchev–Trinajstić information content (AvgIpc) is 2.99. The van der Waals surface area contributed by atoms with Gasteiger partial charge in [-0.2, -0.15) is 0 Å². The molecule has 1 heterocycles. The summed E-state index contributed by atoms with van der Waals surface area (Å²) in [7, 11) is 3.17. The SMILES string of the molecule is COc1cc(O)cc(-c2cccc(C3(c4ccccc4)N=C(N)N(C)C3=O)c2)c1. The Morgan fingerprint density at radius 3 is 2.34 bits per heavy atom. The molecular formula is C23H21N3O3. The zero-order chi connectivity index (χ0) is 20.6. The number of ether oxygens (including phenoxy) is 1. The zero-order valence-electron chi connectivity index (χ0n) is 16.2. The van der Waals surface area contributed by atoms with Crippen molar-refractivity contribution >= 4 is 11.9 Å². The summed E-state index contributed by atoms with van der Waals surface area (Å²) in [6.07, 6.45) is 0. The Labute approximate surface area is 168 Å². The van der Waals surface area contributed by atoms with Crippen LogP contribution in [0.5, 0.6) is 11.5 Å². The van der Waals surface area contributed by atoms with Gasteiger partial charge in [-0.1, -0.05) is 48.5 Å². The zero-order valence-corrected chi connectivity index (χ0v) is 16.2. The third-order valence-corrected chi connectivity index (χ3v) is 5.17. The van der Waals surface area contributed by atoms with Crippen LogP contribution in [-0.4, -0.2) is 36.0 Å². The number of aliphatic imine (C=N–C) groups is 1. The molecule has 6 heteroatoms. The lowest BCUT2D eigenvalue weighted by molar-refractivity contribution is -0.129. The topological polar surface area (TPSA) is 88.2 Å². The Hall–Kier alpha value is -3.80. The molecule has 6 nitrogen and oxygen atoms in total. The van der Waals surface area contributed by atoms with Crippen molar-refractivity contribution in [1.29, 1.82) is 0 Å². The highest BCUT2D eigenvalue weighted by molar-refractivity contribution is 6.09. The number of hydrogen-bond donors (Lipinski definition) is 2. The second-order valence-electron chi connectivity index (χ2n) is 6.91. The van der Waals surface area contributed by atoms with Gasteiger partial charge >= 0.3 is 0 Å². The second-order valence-corrected chi connectivity index (χ2v) is 6.91. The quantitative estimate of drug-likeness (QED) is 0.720. The highest BCUT2D eigenvalue weighted by Crippen LogP contribution is 2.41. The maximum Gasteiger partial charge on any atom is 0.266 e. The minimum atomic E-state index is -1.25. The van der Waals surface area contributed by atoms with Crippen molar-refractivity contribution in [2.45, 2.75) is 5.54 Å². The first-order valence-electron chi connectivity index (χ1n) is 9.13. The molecule has 0 saturated heterocycles. The summed E-state index contributed by atoms with van der Waals surface area (Å²) in [4.78, 5) is 19.3. The number of rotatable bonds is 4. The number of carbonyl (C=O) groups is 1. The Bertz CT molecular complexity index is 1110. The van der Waals surface area contributed by atoms with E-state index < -0.39 is 5.54 Å². The van der Waals surface area contributed by atoms with Crippen molar-refractivity contribution in [3.8, 4) is 22.6 Å². The Morgan fingerprint density at radius 2 is 1.69 bits per heavy atom. The lowest BCUT2D eigenvalue weighted by Crippen LogP contribution is -2.41. The molecule has 0 spiro atoms. The van der Waals surface area contributed by atoms with Crippen LogP contribution in [0, 0.1) is 0 Å². The van der Waals surface area contributed by atoms with Crippen LogP contribution in [0.4, 0.5) is 0 Å². The molecule has 29 heavy (non-hydrogen) atoms. The van der Waals surface area contributed by atoms with Crippen LogP contribution in [0.25, 0.3) is 11.1 Å². The molecule has 4 rings (SSSR count). The minimum Gasteiger partial charge on any atom is -0.508 e. The van der Waals surface area contributed by atoms with E-state index in [0.29, 0.717) is 11.3 Å². The summed E-state index contributed by atoms with van der Waals surface area (Å²) in [5.74, 6) is 0.596. The fourth-order valence-electron chi connectivity index (χ4n) is 3.66. The van der Waals surface area contributed by atoms with Gasteiger partial charge in [0.05, 0.1) is 7.11 Å². The van der Waals surface area contributed by atoms with Gasteiger partial charge in [-0.3, -0.25) is 9.69 Å². The molecule has 3 aromatic rings. The summed E-state index contributed by atoms with van der Waals surface area (Å²) in [5.41, 5.74) is 7.80. The summed E-state index contributed by atoms with van der Waals surface area (Å²) >= 11 is 0. The number of aromatic hydroxyl groups is 1. The lowest BCUT2D eigenvalue weighted by atomic mass is 9.82. The van der Waals surface area contributed by atoms with E-state index in [9.17, 15) is 9.90 Å². The largest absolute Gasteiger partial charge is 0.508 e. The van der Waals surface area contributed by atoms with Crippen LogP contribution in [0.3, 0.4) is 0 Å². The fraction of sp³-hybridized carbons (Fsp3) is 0.130. The van der Waals surface area contributed by atoms with E-state index in [1.165, 1.54) is 4.90 Å². The van der Waals surface area contributed by atoms with Gasteiger partial charge < -0.3 is 15.6 Å². The number of likely N-dealkylation sites (N-methyl/N-ethyl adjacent to an activating group) is 1. The number of phenols is 1. The number of phenolic OH excluding ortho intramolecular Hbond substituents is 1. The minimum absolute atomic E-state index is 0.0986. The van der Waals surface area contributed by atoms with Gasteiger partial charge in [0.2, 0.25) is 0 Å². The third-order valence-electron chi connectivity index (χ3n) is 5.17. The van der Waals surface area contributed by atoms with Gasteiger partial charge in [0, 0.05) is 13.1 Å². The van der Waals surface area contributed by atoms with Crippen LogP contribution in [0.1, 0.15) is 11.1 Å². The molecule has 146 valence electrons. The van der Waals surface area contributed by atoms with E-state index in [0.717, 1.165) is 16.7 Å². The predicted octanol–water partition coefficient (Wildman–Crippen LogP) is 3.10. The van der Waals surface area contributed by atoms with Crippen LogP contribution < -0.4 is 10.5 Å². The molecule has 0 aliphatic carbocycles. The van der Waals surface area contributed by atoms with Crippen molar-refractivity contribution in [3.05, 3.63) is 83.9 Å². The Balaban J connectivity index is 1.92. The number of hydrogen-bond acceptors (Lipinski definition) is 5. The average molecular weight is 387 g/mol. The van der Waals surface area contributed by atoms with Gasteiger partial charge in [-0.15, -0.1) is 0 Å². The fourth-order valence-corrected chi connectivity index (χ4v) is 3.66. The van der Waals surface area contributed by atoms with E-state index in [-0.39, 0.29) is 17.6 Å². The molecule has 3 N–H and O–H groups in total. The molecular weight excluding hydrogens is 366 g/mol. The third kappa shape index (κ3) is 2.99. The summed E-state index contributed by atoms with van der Waals surface area (Å²) in [6.45, 7) is 0. The van der Waals surface area contributed by atoms with E-state index in [2.05, 4.69) is 4.99 Å². The summed E-state index contributed by atoms with van der Waals surface area (Å²) in [5, 5.41) is 10.0. The molecule has 3 aromatic carbocycles. The standard InChI is InChI=1S/C23H21N3O3/c1-26-21(28)23(25-22(26)24,17-8-4-3-5-9-17)18-10-6-7-15(11-18)16-12-19(27)14-20(13-16)29-2/h3-14,27H,1-2H3,(H2,24,25). The number of methoxy groups -OCH3 is 1. The highest BCUT2D eigenvalue weighted by atomic mass is 16.5. The smallest absolute Gasteiger partial charge is 0.266 e. The van der Waals surface area contributed by atoms with E-state index in [1.54, 1.807) is 26.3 Å². The predicted molar refractivity (Wildman–Crippen MR) is 112 cm³/mol. The van der Waals surface area contributed by atoms with Crippen molar-refractivity contribution in [3.63, 3.8) is 0 Å². The Kier molecular flexibility index (Phi) is 4.47. The van der Waals surface area contributed by atoms with Crippen molar-refractivity contribution in [1.82, 2.24) is 4.90 Å². The number of amides is 1. The first kappa shape index (κ1) is 18.6. The number of nitrogens with zero attached hydrogens (tertiary/aromatic N) is 2. The van der Waals surface area contributed by atoms with Gasteiger partial charge in [0.1, 0.15) is 11.5 Å². The second kappa shape index (κ2) is 6.98. The number of guanidine groups is 1. The molecule has 1 unspecified atom stereocenters. The highest BCUT2D eigenvalue weighted by Gasteiger charge is 2.49. The van der Waals surface area contributed by atoms with Crippen molar-refractivity contribution in [2.24, 2.45) is 10.7 Å². The van der Waals surface area contributed by atoms with Crippen LogP contribution in [-0.2, 0) is 10.3 Å². The maximum atomic E-state index is 13.3. The molecule has 0 saturated carbocycles. The molecule has 0 aromatic heterocycles. The van der Waals surface area contributed by atoms with Crippen molar-refractivity contribution in [2.75, 3.05) is 14.2 Å².